The van der Waals surface area contributed by atoms with Gasteiger partial charge in [0.25, 0.3) is 0 Å². The molecule has 1 aliphatic heterocycles. The minimum Gasteiger partial charge on any atom is -0.508 e. The first-order valence-electron chi connectivity index (χ1n) is 7.85. The molecule has 6 heteroatoms. The molecule has 1 unspecified atom stereocenters. The Labute approximate surface area is 142 Å². The SMILES string of the molecule is CS(=O)(=O)c1ccc(C(O)CN2CCc3c(O)cccc3C2)cc1. The standard InChI is InChI=1S/C18H21NO4S/c1-24(22,23)15-7-5-13(6-8-15)18(21)12-19-10-9-16-14(11-19)3-2-4-17(16)20/h2-8,18,20-21H,9-12H2,1H3. The van der Waals surface area contributed by atoms with Gasteiger partial charge in [-0.3, -0.25) is 4.90 Å². The van der Waals surface area contributed by atoms with Gasteiger partial charge in [0.15, 0.2) is 9.84 Å². The number of fused-ring (bicyclic) bond motifs is 1. The number of rotatable bonds is 4. The van der Waals surface area contributed by atoms with Crippen molar-refractivity contribution in [3.63, 3.8) is 0 Å². The largest absolute Gasteiger partial charge is 0.508 e. The summed E-state index contributed by atoms with van der Waals surface area (Å²) >= 11 is 0. The third kappa shape index (κ3) is 3.61. The third-order valence-corrected chi connectivity index (χ3v) is 5.57. The van der Waals surface area contributed by atoms with Crippen LogP contribution in [0.5, 0.6) is 5.75 Å². The van der Waals surface area contributed by atoms with Crippen molar-refractivity contribution < 1.29 is 18.6 Å². The van der Waals surface area contributed by atoms with Crippen LogP contribution in [0.3, 0.4) is 0 Å². The fourth-order valence-electron chi connectivity index (χ4n) is 3.09. The lowest BCUT2D eigenvalue weighted by Gasteiger charge is -2.30. The average Bonchev–Trinajstić information content (AvgIpc) is 2.54. The zero-order valence-electron chi connectivity index (χ0n) is 13.5. The van der Waals surface area contributed by atoms with Gasteiger partial charge >= 0.3 is 0 Å². The van der Waals surface area contributed by atoms with Crippen molar-refractivity contribution >= 4 is 9.84 Å². The highest BCUT2D eigenvalue weighted by molar-refractivity contribution is 7.90. The number of aliphatic hydroxyl groups is 1. The summed E-state index contributed by atoms with van der Waals surface area (Å²) in [5, 5.41) is 20.3. The second-order valence-corrected chi connectivity index (χ2v) is 8.27. The number of nitrogens with zero attached hydrogens (tertiary/aromatic N) is 1. The molecule has 0 fully saturated rings. The van der Waals surface area contributed by atoms with Crippen LogP contribution in [0.1, 0.15) is 22.8 Å². The second kappa shape index (κ2) is 6.55. The van der Waals surface area contributed by atoms with Gasteiger partial charge in [0.1, 0.15) is 5.75 Å². The highest BCUT2D eigenvalue weighted by Crippen LogP contribution is 2.28. The predicted octanol–water partition coefficient (Wildman–Crippen LogP) is 1.89. The summed E-state index contributed by atoms with van der Waals surface area (Å²) in [7, 11) is -3.23. The first-order valence-corrected chi connectivity index (χ1v) is 9.74. The van der Waals surface area contributed by atoms with E-state index in [0.717, 1.165) is 24.1 Å². The Morgan fingerprint density at radius 3 is 2.54 bits per heavy atom. The number of phenolic OH excluding ortho intramolecular Hbond substituents is 1. The van der Waals surface area contributed by atoms with Gasteiger partial charge in [-0.05, 0) is 41.3 Å². The van der Waals surface area contributed by atoms with Crippen molar-refractivity contribution in [3.8, 4) is 5.75 Å². The highest BCUT2D eigenvalue weighted by Gasteiger charge is 2.21. The Morgan fingerprint density at radius 2 is 1.88 bits per heavy atom. The van der Waals surface area contributed by atoms with E-state index in [1.165, 1.54) is 18.4 Å². The van der Waals surface area contributed by atoms with Gasteiger partial charge in [-0.25, -0.2) is 8.42 Å². The Hall–Kier alpha value is -1.89. The summed E-state index contributed by atoms with van der Waals surface area (Å²) in [5.41, 5.74) is 2.77. The zero-order valence-corrected chi connectivity index (χ0v) is 14.3. The van der Waals surface area contributed by atoms with Gasteiger partial charge < -0.3 is 10.2 Å². The Bertz CT molecular complexity index is 831. The number of aromatic hydroxyl groups is 1. The van der Waals surface area contributed by atoms with E-state index in [2.05, 4.69) is 4.90 Å². The molecule has 0 aromatic heterocycles. The number of sulfone groups is 1. The Morgan fingerprint density at radius 1 is 1.17 bits per heavy atom. The van der Waals surface area contributed by atoms with Gasteiger partial charge in [0.2, 0.25) is 0 Å². The van der Waals surface area contributed by atoms with Crippen LogP contribution in [-0.4, -0.2) is 42.9 Å². The summed E-state index contributed by atoms with van der Waals surface area (Å²) < 4.78 is 23.0. The summed E-state index contributed by atoms with van der Waals surface area (Å²) in [6.07, 6.45) is 1.23. The van der Waals surface area contributed by atoms with Crippen molar-refractivity contribution in [2.75, 3.05) is 19.3 Å². The summed E-state index contributed by atoms with van der Waals surface area (Å²) in [6, 6.07) is 11.9. The van der Waals surface area contributed by atoms with E-state index in [9.17, 15) is 18.6 Å². The molecule has 0 amide bonds. The average molecular weight is 347 g/mol. The van der Waals surface area contributed by atoms with Crippen LogP contribution in [0.2, 0.25) is 0 Å². The number of aliphatic hydroxyl groups excluding tert-OH is 1. The molecule has 0 saturated heterocycles. The molecular formula is C18H21NO4S. The molecule has 5 nitrogen and oxygen atoms in total. The Balaban J connectivity index is 1.68. The van der Waals surface area contributed by atoms with Gasteiger partial charge in [0, 0.05) is 25.9 Å². The Kier molecular flexibility index (Phi) is 4.62. The molecule has 24 heavy (non-hydrogen) atoms. The fraction of sp³-hybridized carbons (Fsp3) is 0.333. The van der Waals surface area contributed by atoms with Gasteiger partial charge in [-0.15, -0.1) is 0 Å². The molecule has 2 aromatic rings. The molecule has 2 N–H and O–H groups in total. The van der Waals surface area contributed by atoms with Crippen LogP contribution < -0.4 is 0 Å². The van der Waals surface area contributed by atoms with E-state index in [4.69, 9.17) is 0 Å². The van der Waals surface area contributed by atoms with Crippen molar-refractivity contribution in [1.29, 1.82) is 0 Å². The molecule has 0 aliphatic carbocycles. The molecule has 1 heterocycles. The minimum atomic E-state index is -3.23. The van der Waals surface area contributed by atoms with Crippen molar-refractivity contribution in [2.45, 2.75) is 24.0 Å². The smallest absolute Gasteiger partial charge is 0.175 e. The second-order valence-electron chi connectivity index (χ2n) is 6.26. The van der Waals surface area contributed by atoms with Gasteiger partial charge in [-0.2, -0.15) is 0 Å². The number of β-amino-alcohol motifs (C(OH)–C–C–N with tert-alkyl or cyclic N) is 1. The maximum absolute atomic E-state index is 11.5. The number of benzene rings is 2. The molecule has 128 valence electrons. The van der Waals surface area contributed by atoms with E-state index >= 15 is 0 Å². The quantitative estimate of drug-likeness (QED) is 0.883. The molecule has 1 atom stereocenters. The molecule has 2 aromatic carbocycles. The van der Waals surface area contributed by atoms with Crippen LogP contribution in [0, 0.1) is 0 Å². The molecule has 0 spiro atoms. The third-order valence-electron chi connectivity index (χ3n) is 4.44. The summed E-state index contributed by atoms with van der Waals surface area (Å²) in [6.45, 7) is 1.92. The molecule has 0 saturated carbocycles. The first kappa shape index (κ1) is 17.0. The van der Waals surface area contributed by atoms with Crippen molar-refractivity contribution in [1.82, 2.24) is 4.90 Å². The van der Waals surface area contributed by atoms with Crippen molar-refractivity contribution in [3.05, 3.63) is 59.2 Å². The lowest BCUT2D eigenvalue weighted by atomic mass is 9.98. The lowest BCUT2D eigenvalue weighted by Crippen LogP contribution is -2.34. The normalized spacial score (nSPS) is 16.6. The number of phenols is 1. The summed E-state index contributed by atoms with van der Waals surface area (Å²) in [4.78, 5) is 2.39. The highest BCUT2D eigenvalue weighted by atomic mass is 32.2. The number of hydrogen-bond donors (Lipinski definition) is 2. The van der Waals surface area contributed by atoms with Crippen molar-refractivity contribution in [2.24, 2.45) is 0 Å². The van der Waals surface area contributed by atoms with Crippen LogP contribution >= 0.6 is 0 Å². The monoisotopic (exact) mass is 347 g/mol. The van der Waals surface area contributed by atoms with Crippen LogP contribution in [0.15, 0.2) is 47.4 Å². The maximum Gasteiger partial charge on any atom is 0.175 e. The van der Waals surface area contributed by atoms with E-state index in [-0.39, 0.29) is 4.90 Å². The topological polar surface area (TPSA) is 77.8 Å². The van der Waals surface area contributed by atoms with Gasteiger partial charge in [-0.1, -0.05) is 24.3 Å². The molecule has 0 bridgehead atoms. The van der Waals surface area contributed by atoms with E-state index < -0.39 is 15.9 Å². The summed E-state index contributed by atoms with van der Waals surface area (Å²) in [5.74, 6) is 0.337. The number of hydrogen-bond acceptors (Lipinski definition) is 5. The predicted molar refractivity (Wildman–Crippen MR) is 91.6 cm³/mol. The van der Waals surface area contributed by atoms with Crippen LogP contribution in [-0.2, 0) is 22.8 Å². The minimum absolute atomic E-state index is 0.251. The van der Waals surface area contributed by atoms with E-state index in [1.54, 1.807) is 18.2 Å². The van der Waals surface area contributed by atoms with E-state index in [1.807, 2.05) is 12.1 Å². The van der Waals surface area contributed by atoms with E-state index in [0.29, 0.717) is 24.4 Å². The van der Waals surface area contributed by atoms with Gasteiger partial charge in [0.05, 0.1) is 11.0 Å². The maximum atomic E-state index is 11.5. The lowest BCUT2D eigenvalue weighted by molar-refractivity contribution is 0.105. The molecule has 1 aliphatic rings. The molecule has 0 radical (unpaired) electrons. The first-order chi connectivity index (χ1) is 11.3. The molecule has 3 rings (SSSR count). The fourth-order valence-corrected chi connectivity index (χ4v) is 3.72. The zero-order chi connectivity index (χ0) is 17.3. The van der Waals surface area contributed by atoms with Crippen LogP contribution in [0.25, 0.3) is 0 Å². The molecular weight excluding hydrogens is 326 g/mol. The van der Waals surface area contributed by atoms with Crippen LogP contribution in [0.4, 0.5) is 0 Å².